The number of hydrogen-bond donors (Lipinski definition) is 0. The van der Waals surface area contributed by atoms with Gasteiger partial charge >= 0.3 is 0 Å². The largest absolute Gasteiger partial charge is 0.378 e. The van der Waals surface area contributed by atoms with E-state index in [1.807, 2.05) is 26.0 Å². The lowest BCUT2D eigenvalue weighted by Gasteiger charge is -2.32. The average Bonchev–Trinajstić information content (AvgIpc) is 2.46. The summed E-state index contributed by atoms with van der Waals surface area (Å²) in [7, 11) is -3.56. The molecule has 0 saturated carbocycles. The minimum atomic E-state index is -3.56. The number of ether oxygens (including phenoxy) is 1. The van der Waals surface area contributed by atoms with Gasteiger partial charge in [-0.25, -0.2) is 8.42 Å². The lowest BCUT2D eigenvalue weighted by molar-refractivity contribution is 0.0393. The van der Waals surface area contributed by atoms with Crippen molar-refractivity contribution in [1.29, 1.82) is 0 Å². The second-order valence-corrected chi connectivity index (χ2v) is 7.24. The summed E-state index contributed by atoms with van der Waals surface area (Å²) in [4.78, 5) is 4.60. The second kappa shape index (κ2) is 5.36. The van der Waals surface area contributed by atoms with Crippen molar-refractivity contribution < 1.29 is 13.2 Å². The molecule has 2 heterocycles. The number of hydrogen-bond acceptors (Lipinski definition) is 4. The third kappa shape index (κ3) is 2.54. The zero-order valence-electron chi connectivity index (χ0n) is 12.1. The van der Waals surface area contributed by atoms with Crippen molar-refractivity contribution in [2.24, 2.45) is 0 Å². The zero-order chi connectivity index (χ0) is 15.0. The molecule has 0 radical (unpaired) electrons. The molecular weight excluding hydrogens is 288 g/mol. The van der Waals surface area contributed by atoms with E-state index in [-0.39, 0.29) is 10.9 Å². The first-order valence-corrected chi connectivity index (χ1v) is 8.39. The van der Waals surface area contributed by atoms with Crippen LogP contribution in [0, 0.1) is 6.92 Å². The van der Waals surface area contributed by atoms with Gasteiger partial charge in [-0.1, -0.05) is 12.1 Å². The number of aromatic nitrogens is 1. The third-order valence-corrected chi connectivity index (χ3v) is 5.75. The van der Waals surface area contributed by atoms with Crippen molar-refractivity contribution in [2.45, 2.75) is 24.8 Å². The summed E-state index contributed by atoms with van der Waals surface area (Å²) in [5.41, 5.74) is 1.54. The Hall–Kier alpha value is -1.50. The Morgan fingerprint density at radius 2 is 2.19 bits per heavy atom. The number of sulfonamides is 1. The molecule has 1 aliphatic rings. The lowest BCUT2D eigenvalue weighted by Crippen LogP contribution is -2.47. The van der Waals surface area contributed by atoms with Gasteiger partial charge in [-0.15, -0.1) is 0 Å². The van der Waals surface area contributed by atoms with E-state index < -0.39 is 10.0 Å². The van der Waals surface area contributed by atoms with Crippen molar-refractivity contribution in [1.82, 2.24) is 9.29 Å². The quantitative estimate of drug-likeness (QED) is 0.851. The van der Waals surface area contributed by atoms with Gasteiger partial charge in [-0.2, -0.15) is 4.31 Å². The molecule has 1 fully saturated rings. The van der Waals surface area contributed by atoms with Crippen LogP contribution in [0.3, 0.4) is 0 Å². The Morgan fingerprint density at radius 3 is 2.95 bits per heavy atom. The van der Waals surface area contributed by atoms with Crippen molar-refractivity contribution >= 4 is 20.9 Å². The van der Waals surface area contributed by atoms with Crippen LogP contribution in [0.2, 0.25) is 0 Å². The number of nitrogens with zero attached hydrogens (tertiary/aromatic N) is 2. The van der Waals surface area contributed by atoms with Crippen LogP contribution in [0.1, 0.15) is 12.5 Å². The number of rotatable bonds is 2. The molecule has 21 heavy (non-hydrogen) atoms. The zero-order valence-corrected chi connectivity index (χ0v) is 12.9. The SMILES string of the molecule is Cc1cnc2c(S(=O)(=O)N3CCOCC3C)cccc2c1. The number of aryl methyl sites for hydroxylation is 1. The molecule has 1 atom stereocenters. The predicted molar refractivity (Wildman–Crippen MR) is 80.7 cm³/mol. The highest BCUT2D eigenvalue weighted by Crippen LogP contribution is 2.26. The van der Waals surface area contributed by atoms with E-state index in [0.717, 1.165) is 10.9 Å². The monoisotopic (exact) mass is 306 g/mol. The van der Waals surface area contributed by atoms with Gasteiger partial charge in [0.2, 0.25) is 10.0 Å². The first-order valence-electron chi connectivity index (χ1n) is 6.95. The molecule has 0 spiro atoms. The second-order valence-electron chi connectivity index (χ2n) is 5.38. The van der Waals surface area contributed by atoms with Gasteiger partial charge < -0.3 is 4.74 Å². The van der Waals surface area contributed by atoms with Crippen LogP contribution in [-0.2, 0) is 14.8 Å². The van der Waals surface area contributed by atoms with Crippen LogP contribution in [-0.4, -0.2) is 43.5 Å². The van der Waals surface area contributed by atoms with Gasteiger partial charge in [-0.3, -0.25) is 4.98 Å². The van der Waals surface area contributed by atoms with Gasteiger partial charge in [0.15, 0.2) is 0 Å². The normalized spacial score (nSPS) is 20.8. The third-order valence-electron chi connectivity index (χ3n) is 3.70. The number of para-hydroxylation sites is 1. The Morgan fingerprint density at radius 1 is 1.38 bits per heavy atom. The van der Waals surface area contributed by atoms with Gasteiger partial charge in [0.25, 0.3) is 0 Å². The molecule has 1 unspecified atom stereocenters. The molecule has 0 amide bonds. The molecular formula is C15H18N2O3S. The molecule has 1 aromatic carbocycles. The maximum absolute atomic E-state index is 12.9. The Balaban J connectivity index is 2.15. The van der Waals surface area contributed by atoms with Gasteiger partial charge in [0.05, 0.1) is 18.7 Å². The average molecular weight is 306 g/mol. The van der Waals surface area contributed by atoms with E-state index in [1.165, 1.54) is 4.31 Å². The maximum Gasteiger partial charge on any atom is 0.245 e. The molecule has 5 nitrogen and oxygen atoms in total. The van der Waals surface area contributed by atoms with E-state index in [1.54, 1.807) is 18.3 Å². The summed E-state index contributed by atoms with van der Waals surface area (Å²) >= 11 is 0. The molecule has 0 aliphatic carbocycles. The topological polar surface area (TPSA) is 59.5 Å². The van der Waals surface area contributed by atoms with Crippen LogP contribution in [0.5, 0.6) is 0 Å². The first-order chi connectivity index (χ1) is 10.00. The molecule has 1 aromatic heterocycles. The highest BCUT2D eigenvalue weighted by atomic mass is 32.2. The van der Waals surface area contributed by atoms with E-state index in [4.69, 9.17) is 4.74 Å². The van der Waals surface area contributed by atoms with E-state index in [2.05, 4.69) is 4.98 Å². The molecule has 1 saturated heterocycles. The molecule has 0 bridgehead atoms. The molecule has 2 aromatic rings. The predicted octanol–water partition coefficient (Wildman–Crippen LogP) is 1.95. The van der Waals surface area contributed by atoms with E-state index in [9.17, 15) is 8.42 Å². The fourth-order valence-corrected chi connectivity index (χ4v) is 4.41. The summed E-state index contributed by atoms with van der Waals surface area (Å²) in [5.74, 6) is 0. The number of pyridine rings is 1. The summed E-state index contributed by atoms with van der Waals surface area (Å²) < 4.78 is 32.7. The van der Waals surface area contributed by atoms with Crippen LogP contribution in [0.4, 0.5) is 0 Å². The standard InChI is InChI=1S/C15H18N2O3S/c1-11-8-13-4-3-5-14(15(13)16-9-11)21(18,19)17-6-7-20-10-12(17)2/h3-5,8-9,12H,6-7,10H2,1-2H3. The van der Waals surface area contributed by atoms with E-state index in [0.29, 0.717) is 25.3 Å². The minimum absolute atomic E-state index is 0.163. The Bertz CT molecular complexity index is 774. The van der Waals surface area contributed by atoms with Gasteiger partial charge in [-0.05, 0) is 31.5 Å². The fraction of sp³-hybridized carbons (Fsp3) is 0.400. The van der Waals surface area contributed by atoms with Crippen LogP contribution in [0.15, 0.2) is 35.4 Å². The summed E-state index contributed by atoms with van der Waals surface area (Å²) in [6.07, 6.45) is 1.70. The smallest absolute Gasteiger partial charge is 0.245 e. The Kier molecular flexibility index (Phi) is 3.69. The summed E-state index contributed by atoms with van der Waals surface area (Å²) in [6, 6.07) is 7.06. The molecule has 1 aliphatic heterocycles. The van der Waals surface area contributed by atoms with Gasteiger partial charge in [0.1, 0.15) is 4.90 Å². The summed E-state index contributed by atoms with van der Waals surface area (Å²) in [5, 5.41) is 0.844. The van der Waals surface area contributed by atoms with Gasteiger partial charge in [0, 0.05) is 24.2 Å². The van der Waals surface area contributed by atoms with Crippen LogP contribution in [0.25, 0.3) is 10.9 Å². The van der Waals surface area contributed by atoms with Crippen LogP contribution >= 0.6 is 0 Å². The summed E-state index contributed by atoms with van der Waals surface area (Å²) in [6.45, 7) is 5.04. The van der Waals surface area contributed by atoms with Crippen molar-refractivity contribution in [2.75, 3.05) is 19.8 Å². The van der Waals surface area contributed by atoms with Crippen molar-refractivity contribution in [3.63, 3.8) is 0 Å². The highest BCUT2D eigenvalue weighted by molar-refractivity contribution is 7.89. The molecule has 3 rings (SSSR count). The minimum Gasteiger partial charge on any atom is -0.378 e. The molecule has 0 N–H and O–H groups in total. The lowest BCUT2D eigenvalue weighted by atomic mass is 10.2. The molecule has 112 valence electrons. The van der Waals surface area contributed by atoms with E-state index >= 15 is 0 Å². The Labute approximate surface area is 124 Å². The van der Waals surface area contributed by atoms with Crippen LogP contribution < -0.4 is 0 Å². The maximum atomic E-state index is 12.9. The number of benzene rings is 1. The first kappa shape index (κ1) is 14.4. The number of morpholine rings is 1. The number of fused-ring (bicyclic) bond motifs is 1. The highest BCUT2D eigenvalue weighted by Gasteiger charge is 2.32. The van der Waals surface area contributed by atoms with Crippen molar-refractivity contribution in [3.05, 3.63) is 36.0 Å². The van der Waals surface area contributed by atoms with Crippen molar-refractivity contribution in [3.8, 4) is 0 Å². The fourth-order valence-electron chi connectivity index (χ4n) is 2.65. The molecule has 6 heteroatoms.